The quantitative estimate of drug-likeness (QED) is 0.752. The fourth-order valence-corrected chi connectivity index (χ4v) is 2.32. The molecule has 0 saturated heterocycles. The van der Waals surface area contributed by atoms with E-state index in [2.05, 4.69) is 20.5 Å². The van der Waals surface area contributed by atoms with Gasteiger partial charge in [-0.1, -0.05) is 12.1 Å². The minimum Gasteiger partial charge on any atom is -0.350 e. The number of aromatic nitrogens is 5. The van der Waals surface area contributed by atoms with Crippen molar-refractivity contribution in [2.45, 2.75) is 25.9 Å². The Bertz CT molecular complexity index is 751. The van der Waals surface area contributed by atoms with Gasteiger partial charge in [0, 0.05) is 18.8 Å². The Morgan fingerprint density at radius 2 is 2.22 bits per heavy atom. The minimum absolute atomic E-state index is 0.0162. The molecule has 7 heteroatoms. The van der Waals surface area contributed by atoms with Crippen molar-refractivity contribution in [1.82, 2.24) is 29.9 Å². The maximum atomic E-state index is 12.0. The molecule has 3 aromatic rings. The van der Waals surface area contributed by atoms with Crippen LogP contribution in [0.1, 0.15) is 24.9 Å². The molecular formula is C16H18N6O. The van der Waals surface area contributed by atoms with Gasteiger partial charge in [-0.3, -0.25) is 9.48 Å². The van der Waals surface area contributed by atoms with Crippen LogP contribution in [0.15, 0.2) is 55.4 Å². The van der Waals surface area contributed by atoms with Crippen LogP contribution in [0.3, 0.4) is 0 Å². The van der Waals surface area contributed by atoms with Crippen LogP contribution in [0.25, 0.3) is 5.69 Å². The zero-order valence-electron chi connectivity index (χ0n) is 12.8. The third-order valence-electron chi connectivity index (χ3n) is 3.55. The lowest BCUT2D eigenvalue weighted by Crippen LogP contribution is -2.27. The van der Waals surface area contributed by atoms with Crippen molar-refractivity contribution in [3.05, 3.63) is 60.9 Å². The number of nitrogens with zero attached hydrogens (tertiary/aromatic N) is 5. The summed E-state index contributed by atoms with van der Waals surface area (Å²) < 4.78 is 3.44. The third kappa shape index (κ3) is 3.82. The van der Waals surface area contributed by atoms with E-state index < -0.39 is 0 Å². The van der Waals surface area contributed by atoms with Crippen molar-refractivity contribution >= 4 is 5.91 Å². The minimum atomic E-state index is -0.0752. The molecule has 0 aliphatic carbocycles. The van der Waals surface area contributed by atoms with E-state index in [1.54, 1.807) is 21.9 Å². The number of hydrogen-bond acceptors (Lipinski definition) is 4. The second kappa shape index (κ2) is 6.87. The summed E-state index contributed by atoms with van der Waals surface area (Å²) in [5.74, 6) is -0.0162. The average molecular weight is 310 g/mol. The Labute approximate surface area is 134 Å². The third-order valence-corrected chi connectivity index (χ3v) is 3.55. The zero-order chi connectivity index (χ0) is 16.1. The van der Waals surface area contributed by atoms with Crippen LogP contribution in [0.5, 0.6) is 0 Å². The smallest absolute Gasteiger partial charge is 0.222 e. The molecule has 7 nitrogen and oxygen atoms in total. The van der Waals surface area contributed by atoms with Gasteiger partial charge < -0.3 is 5.32 Å². The highest BCUT2D eigenvalue weighted by Crippen LogP contribution is 2.16. The summed E-state index contributed by atoms with van der Waals surface area (Å²) in [7, 11) is 0. The lowest BCUT2D eigenvalue weighted by atomic mass is 10.1. The van der Waals surface area contributed by atoms with Crippen LogP contribution in [-0.4, -0.2) is 30.5 Å². The van der Waals surface area contributed by atoms with Gasteiger partial charge in [-0.05, 0) is 30.7 Å². The molecule has 0 aliphatic rings. The lowest BCUT2D eigenvalue weighted by molar-refractivity contribution is -0.122. The Balaban J connectivity index is 1.60. The van der Waals surface area contributed by atoms with Crippen molar-refractivity contribution in [3.8, 4) is 5.69 Å². The Morgan fingerprint density at radius 3 is 2.96 bits per heavy atom. The number of carbonyl (C=O) groups excluding carboxylic acids is 1. The molecule has 3 rings (SSSR count). The van der Waals surface area contributed by atoms with Crippen molar-refractivity contribution in [2.75, 3.05) is 0 Å². The normalized spacial score (nSPS) is 12.0. The first-order valence-electron chi connectivity index (χ1n) is 7.44. The number of carbonyl (C=O) groups is 1. The molecule has 1 atom stereocenters. The first-order chi connectivity index (χ1) is 11.2. The highest BCUT2D eigenvalue weighted by molar-refractivity contribution is 5.76. The van der Waals surface area contributed by atoms with Crippen LogP contribution in [0.4, 0.5) is 0 Å². The summed E-state index contributed by atoms with van der Waals surface area (Å²) >= 11 is 0. The van der Waals surface area contributed by atoms with Gasteiger partial charge >= 0.3 is 0 Å². The van der Waals surface area contributed by atoms with Crippen LogP contribution in [0.2, 0.25) is 0 Å². The molecule has 2 heterocycles. The van der Waals surface area contributed by atoms with Crippen LogP contribution in [-0.2, 0) is 11.3 Å². The predicted octanol–water partition coefficient (Wildman–Crippen LogP) is 1.73. The van der Waals surface area contributed by atoms with Gasteiger partial charge in [-0.2, -0.15) is 10.2 Å². The summed E-state index contributed by atoms with van der Waals surface area (Å²) in [5.41, 5.74) is 2.00. The van der Waals surface area contributed by atoms with E-state index in [4.69, 9.17) is 0 Å². The van der Waals surface area contributed by atoms with E-state index >= 15 is 0 Å². The molecule has 118 valence electrons. The highest BCUT2D eigenvalue weighted by Gasteiger charge is 2.10. The second-order valence-corrected chi connectivity index (χ2v) is 5.24. The molecule has 0 bridgehead atoms. The van der Waals surface area contributed by atoms with Gasteiger partial charge in [0.05, 0.1) is 18.3 Å². The number of hydrogen-bond donors (Lipinski definition) is 1. The van der Waals surface area contributed by atoms with Crippen molar-refractivity contribution in [2.24, 2.45) is 0 Å². The molecule has 0 radical (unpaired) electrons. The summed E-state index contributed by atoms with van der Waals surface area (Å²) in [6, 6.07) is 9.76. The summed E-state index contributed by atoms with van der Waals surface area (Å²) in [6.07, 6.45) is 7.06. The monoisotopic (exact) mass is 310 g/mol. The molecule has 0 saturated carbocycles. The van der Waals surface area contributed by atoms with E-state index in [0.717, 1.165) is 11.3 Å². The van der Waals surface area contributed by atoms with E-state index in [9.17, 15) is 4.79 Å². The first kappa shape index (κ1) is 15.0. The van der Waals surface area contributed by atoms with E-state index in [0.29, 0.717) is 13.0 Å². The number of nitrogens with one attached hydrogen (secondary N) is 1. The van der Waals surface area contributed by atoms with Gasteiger partial charge in [-0.25, -0.2) is 9.67 Å². The Kier molecular flexibility index (Phi) is 4.46. The molecular weight excluding hydrogens is 292 g/mol. The zero-order valence-corrected chi connectivity index (χ0v) is 12.8. The summed E-state index contributed by atoms with van der Waals surface area (Å²) in [6.45, 7) is 2.49. The van der Waals surface area contributed by atoms with Gasteiger partial charge in [0.25, 0.3) is 0 Å². The van der Waals surface area contributed by atoms with Crippen molar-refractivity contribution in [1.29, 1.82) is 0 Å². The lowest BCUT2D eigenvalue weighted by Gasteiger charge is -2.15. The fraction of sp³-hybridized carbons (Fsp3) is 0.250. The van der Waals surface area contributed by atoms with Crippen LogP contribution in [0, 0.1) is 0 Å². The number of amides is 1. The molecule has 1 aromatic carbocycles. The molecule has 23 heavy (non-hydrogen) atoms. The average Bonchev–Trinajstić information content (AvgIpc) is 3.26. The van der Waals surface area contributed by atoms with E-state index in [1.807, 2.05) is 43.5 Å². The Hall–Kier alpha value is -2.96. The Morgan fingerprint density at radius 1 is 1.30 bits per heavy atom. The molecule has 2 aromatic heterocycles. The maximum absolute atomic E-state index is 12.0. The van der Waals surface area contributed by atoms with Gasteiger partial charge in [-0.15, -0.1) is 0 Å². The van der Waals surface area contributed by atoms with Gasteiger partial charge in [0.1, 0.15) is 12.7 Å². The molecule has 0 fully saturated rings. The van der Waals surface area contributed by atoms with Crippen molar-refractivity contribution in [3.63, 3.8) is 0 Å². The van der Waals surface area contributed by atoms with E-state index in [1.165, 1.54) is 6.33 Å². The fourth-order valence-electron chi connectivity index (χ4n) is 2.32. The summed E-state index contributed by atoms with van der Waals surface area (Å²) in [5, 5.41) is 11.2. The molecule has 1 amide bonds. The second-order valence-electron chi connectivity index (χ2n) is 5.24. The molecule has 0 aliphatic heterocycles. The molecule has 0 spiro atoms. The van der Waals surface area contributed by atoms with Crippen LogP contribution < -0.4 is 5.32 Å². The number of aryl methyl sites for hydroxylation is 1. The first-order valence-corrected chi connectivity index (χ1v) is 7.44. The van der Waals surface area contributed by atoms with E-state index in [-0.39, 0.29) is 11.9 Å². The molecule has 0 unspecified atom stereocenters. The highest BCUT2D eigenvalue weighted by atomic mass is 16.1. The molecule has 1 N–H and O–H groups in total. The maximum Gasteiger partial charge on any atom is 0.222 e. The van der Waals surface area contributed by atoms with Gasteiger partial charge in [0.2, 0.25) is 5.91 Å². The largest absolute Gasteiger partial charge is 0.350 e. The number of benzene rings is 1. The van der Waals surface area contributed by atoms with Crippen LogP contribution >= 0.6 is 0 Å². The SMILES string of the molecule is C[C@@H](NC(=O)CCn1cncn1)c1cccc(-n2cccn2)c1. The summed E-state index contributed by atoms with van der Waals surface area (Å²) in [4.78, 5) is 15.9. The topological polar surface area (TPSA) is 77.6 Å². The standard InChI is InChI=1S/C16H18N6O/c1-13(20-16(23)6-9-21-12-17-11-19-21)14-4-2-5-15(10-14)22-8-3-7-18-22/h2-5,7-8,10-13H,6,9H2,1H3,(H,20,23)/t13-/m1/s1. The number of rotatable bonds is 6. The van der Waals surface area contributed by atoms with Crippen molar-refractivity contribution < 1.29 is 4.79 Å². The van der Waals surface area contributed by atoms with Gasteiger partial charge in [0.15, 0.2) is 0 Å². The predicted molar refractivity (Wildman–Crippen MR) is 84.8 cm³/mol.